The van der Waals surface area contributed by atoms with Crippen molar-refractivity contribution in [2.24, 2.45) is 0 Å². The highest BCUT2D eigenvalue weighted by Gasteiger charge is 2.18. The van der Waals surface area contributed by atoms with Crippen molar-refractivity contribution in [1.82, 2.24) is 5.32 Å². The van der Waals surface area contributed by atoms with Gasteiger partial charge in [-0.15, -0.1) is 0 Å². The Morgan fingerprint density at radius 3 is 2.94 bits per heavy atom. The fourth-order valence-corrected chi connectivity index (χ4v) is 2.54. The standard InChI is InChI=1S/C14H20FN/c1-11(15)9-12-5-2-3-7-14(12)13-6-4-8-16-10-13/h2-3,5,7,11,13,16H,4,6,8-10H2,1H3. The van der Waals surface area contributed by atoms with E-state index in [2.05, 4.69) is 23.5 Å². The smallest absolute Gasteiger partial charge is 0.101 e. The average Bonchev–Trinajstić information content (AvgIpc) is 2.30. The van der Waals surface area contributed by atoms with Crippen LogP contribution in [0.5, 0.6) is 0 Å². The molecule has 1 aromatic carbocycles. The molecule has 2 atom stereocenters. The minimum absolute atomic E-state index is 0.548. The van der Waals surface area contributed by atoms with Crippen molar-refractivity contribution in [3.63, 3.8) is 0 Å². The highest BCUT2D eigenvalue weighted by molar-refractivity contribution is 5.31. The Bertz CT molecular complexity index is 329. The zero-order valence-corrected chi connectivity index (χ0v) is 9.88. The van der Waals surface area contributed by atoms with Crippen LogP contribution in [0.4, 0.5) is 4.39 Å². The summed E-state index contributed by atoms with van der Waals surface area (Å²) in [5.41, 5.74) is 2.53. The Hall–Kier alpha value is -0.890. The SMILES string of the molecule is CC(F)Cc1ccccc1C1CCCNC1. The zero-order valence-electron chi connectivity index (χ0n) is 9.88. The van der Waals surface area contributed by atoms with Gasteiger partial charge in [-0.1, -0.05) is 24.3 Å². The zero-order chi connectivity index (χ0) is 11.4. The van der Waals surface area contributed by atoms with Crippen LogP contribution in [0.25, 0.3) is 0 Å². The first kappa shape index (κ1) is 11.6. The van der Waals surface area contributed by atoms with E-state index in [4.69, 9.17) is 0 Å². The molecule has 2 unspecified atom stereocenters. The number of hydrogen-bond acceptors (Lipinski definition) is 1. The molecule has 1 aliphatic heterocycles. The van der Waals surface area contributed by atoms with Gasteiger partial charge in [-0.05, 0) is 43.4 Å². The molecule has 0 aromatic heterocycles. The van der Waals surface area contributed by atoms with Crippen molar-refractivity contribution in [3.8, 4) is 0 Å². The van der Waals surface area contributed by atoms with Crippen LogP contribution >= 0.6 is 0 Å². The average molecular weight is 221 g/mol. The molecule has 2 rings (SSSR count). The van der Waals surface area contributed by atoms with Crippen LogP contribution in [0.2, 0.25) is 0 Å². The molecular formula is C14H20FN. The Labute approximate surface area is 97.1 Å². The monoisotopic (exact) mass is 221 g/mol. The summed E-state index contributed by atoms with van der Waals surface area (Å²) in [6.07, 6.45) is 2.25. The van der Waals surface area contributed by atoms with Crippen molar-refractivity contribution < 1.29 is 4.39 Å². The van der Waals surface area contributed by atoms with Gasteiger partial charge in [-0.3, -0.25) is 0 Å². The number of alkyl halides is 1. The lowest BCUT2D eigenvalue weighted by atomic mass is 9.87. The van der Waals surface area contributed by atoms with Gasteiger partial charge >= 0.3 is 0 Å². The van der Waals surface area contributed by atoms with Gasteiger partial charge in [-0.25, -0.2) is 4.39 Å². The maximum atomic E-state index is 13.1. The topological polar surface area (TPSA) is 12.0 Å². The van der Waals surface area contributed by atoms with Crippen molar-refractivity contribution in [2.75, 3.05) is 13.1 Å². The number of piperidine rings is 1. The van der Waals surface area contributed by atoms with Crippen LogP contribution in [0.15, 0.2) is 24.3 Å². The third-order valence-electron chi connectivity index (χ3n) is 3.29. The second-order valence-electron chi connectivity index (χ2n) is 4.73. The summed E-state index contributed by atoms with van der Waals surface area (Å²) in [7, 11) is 0. The van der Waals surface area contributed by atoms with Crippen LogP contribution in [-0.2, 0) is 6.42 Å². The van der Waals surface area contributed by atoms with Crippen LogP contribution in [0, 0.1) is 0 Å². The second-order valence-corrected chi connectivity index (χ2v) is 4.73. The minimum Gasteiger partial charge on any atom is -0.316 e. The van der Waals surface area contributed by atoms with Crippen molar-refractivity contribution in [3.05, 3.63) is 35.4 Å². The summed E-state index contributed by atoms with van der Waals surface area (Å²) >= 11 is 0. The Kier molecular flexibility index (Phi) is 3.94. The lowest BCUT2D eigenvalue weighted by molar-refractivity contribution is 0.358. The predicted molar refractivity (Wildman–Crippen MR) is 65.6 cm³/mol. The summed E-state index contributed by atoms with van der Waals surface area (Å²) in [5.74, 6) is 0.573. The lowest BCUT2D eigenvalue weighted by Gasteiger charge is -2.25. The molecule has 88 valence electrons. The maximum absolute atomic E-state index is 13.1. The van der Waals surface area contributed by atoms with E-state index < -0.39 is 6.17 Å². The first-order valence-corrected chi connectivity index (χ1v) is 6.20. The van der Waals surface area contributed by atoms with Gasteiger partial charge < -0.3 is 5.32 Å². The first-order chi connectivity index (χ1) is 7.77. The number of nitrogens with one attached hydrogen (secondary N) is 1. The highest BCUT2D eigenvalue weighted by atomic mass is 19.1. The van der Waals surface area contributed by atoms with E-state index in [-0.39, 0.29) is 0 Å². The normalized spacial score (nSPS) is 23.0. The molecule has 0 bridgehead atoms. The summed E-state index contributed by atoms with van der Waals surface area (Å²) in [6, 6.07) is 8.31. The van der Waals surface area contributed by atoms with E-state index in [1.165, 1.54) is 24.0 Å². The largest absolute Gasteiger partial charge is 0.316 e. The van der Waals surface area contributed by atoms with Gasteiger partial charge in [-0.2, -0.15) is 0 Å². The molecule has 0 saturated carbocycles. The van der Waals surface area contributed by atoms with Crippen molar-refractivity contribution >= 4 is 0 Å². The molecule has 1 nitrogen and oxygen atoms in total. The van der Waals surface area contributed by atoms with E-state index in [1.54, 1.807) is 6.92 Å². The predicted octanol–water partition coefficient (Wildman–Crippen LogP) is 3.05. The fourth-order valence-electron chi connectivity index (χ4n) is 2.54. The van der Waals surface area contributed by atoms with Crippen molar-refractivity contribution in [1.29, 1.82) is 0 Å². The van der Waals surface area contributed by atoms with Gasteiger partial charge in [0.1, 0.15) is 6.17 Å². The second kappa shape index (κ2) is 5.44. The van der Waals surface area contributed by atoms with Gasteiger partial charge in [0.2, 0.25) is 0 Å². The van der Waals surface area contributed by atoms with Crippen molar-refractivity contribution in [2.45, 2.75) is 38.3 Å². The molecule has 0 radical (unpaired) electrons. The summed E-state index contributed by atoms with van der Waals surface area (Å²) in [5, 5.41) is 3.42. The molecule has 1 N–H and O–H groups in total. The van der Waals surface area contributed by atoms with Gasteiger partial charge in [0.05, 0.1) is 0 Å². The third-order valence-corrected chi connectivity index (χ3v) is 3.29. The minimum atomic E-state index is -0.752. The van der Waals surface area contributed by atoms with Gasteiger partial charge in [0.15, 0.2) is 0 Å². The summed E-state index contributed by atoms with van der Waals surface area (Å²) in [4.78, 5) is 0. The van der Waals surface area contributed by atoms with E-state index in [0.29, 0.717) is 12.3 Å². The fraction of sp³-hybridized carbons (Fsp3) is 0.571. The highest BCUT2D eigenvalue weighted by Crippen LogP contribution is 2.27. The molecule has 0 aliphatic carbocycles. The van der Waals surface area contributed by atoms with Gasteiger partial charge in [0.25, 0.3) is 0 Å². The quantitative estimate of drug-likeness (QED) is 0.827. The third kappa shape index (κ3) is 2.82. The summed E-state index contributed by atoms with van der Waals surface area (Å²) < 4.78 is 13.1. The van der Waals surface area contributed by atoms with E-state index >= 15 is 0 Å². The van der Waals surface area contributed by atoms with Crippen LogP contribution < -0.4 is 5.32 Å². The van der Waals surface area contributed by atoms with Crippen LogP contribution in [0.1, 0.15) is 36.8 Å². The van der Waals surface area contributed by atoms with E-state index in [1.807, 2.05) is 6.07 Å². The number of hydrogen-bond donors (Lipinski definition) is 1. The molecule has 0 amide bonds. The Morgan fingerprint density at radius 1 is 1.44 bits per heavy atom. The molecule has 1 aromatic rings. The lowest BCUT2D eigenvalue weighted by Crippen LogP contribution is -2.29. The molecule has 1 saturated heterocycles. The number of rotatable bonds is 3. The molecular weight excluding hydrogens is 201 g/mol. The van der Waals surface area contributed by atoms with E-state index in [0.717, 1.165) is 13.1 Å². The molecule has 1 aliphatic rings. The number of benzene rings is 1. The van der Waals surface area contributed by atoms with Crippen LogP contribution in [-0.4, -0.2) is 19.3 Å². The Morgan fingerprint density at radius 2 is 2.25 bits per heavy atom. The molecule has 2 heteroatoms. The van der Waals surface area contributed by atoms with E-state index in [9.17, 15) is 4.39 Å². The number of halogens is 1. The van der Waals surface area contributed by atoms with Crippen LogP contribution in [0.3, 0.4) is 0 Å². The maximum Gasteiger partial charge on any atom is 0.101 e. The first-order valence-electron chi connectivity index (χ1n) is 6.20. The molecule has 0 spiro atoms. The summed E-state index contributed by atoms with van der Waals surface area (Å²) in [6.45, 7) is 3.80. The molecule has 16 heavy (non-hydrogen) atoms. The molecule has 1 fully saturated rings. The Balaban J connectivity index is 2.17. The molecule has 1 heterocycles. The van der Waals surface area contributed by atoms with Gasteiger partial charge in [0, 0.05) is 13.0 Å².